The number of fused-ring (bicyclic) bond motifs is 1. The standard InChI is InChI=1S/C20H22FIN6/c1-2-16-14(5-3-8-23-16)11-25-19-15-6-4-9-24-18(15)26-17(27-19)12-28-10-7-20(21,22)13-28/h3-6,8-9H,2,7,10-13H2,1H3,(H,24,25,26,27). The van der Waals surface area contributed by atoms with Crippen LogP contribution in [-0.4, -0.2) is 41.6 Å². The van der Waals surface area contributed by atoms with Crippen LogP contribution in [0.2, 0.25) is 0 Å². The van der Waals surface area contributed by atoms with Crippen molar-refractivity contribution >= 4 is 39.4 Å². The number of pyridine rings is 2. The molecular weight excluding hydrogens is 470 g/mol. The van der Waals surface area contributed by atoms with E-state index in [1.807, 2.05) is 47.0 Å². The Morgan fingerprint density at radius 2 is 2.04 bits per heavy atom. The van der Waals surface area contributed by atoms with E-state index < -0.39 is 3.68 Å². The highest BCUT2D eigenvalue weighted by atomic mass is 127. The molecular formula is C20H22FIN6. The van der Waals surface area contributed by atoms with Crippen LogP contribution in [-0.2, 0) is 19.5 Å². The van der Waals surface area contributed by atoms with Crippen LogP contribution in [0.1, 0.15) is 30.4 Å². The molecule has 1 atom stereocenters. The summed E-state index contributed by atoms with van der Waals surface area (Å²) in [5, 5.41) is 4.31. The monoisotopic (exact) mass is 492 g/mol. The number of alkyl halides is 2. The molecule has 0 aromatic carbocycles. The minimum absolute atomic E-state index is 0.398. The third kappa shape index (κ3) is 4.38. The van der Waals surface area contributed by atoms with Gasteiger partial charge in [0.15, 0.2) is 9.32 Å². The molecule has 3 aromatic heterocycles. The molecule has 1 aliphatic heterocycles. The molecule has 1 aliphatic rings. The predicted octanol–water partition coefficient (Wildman–Crippen LogP) is 3.90. The highest BCUT2D eigenvalue weighted by Crippen LogP contribution is 2.33. The van der Waals surface area contributed by atoms with Crippen LogP contribution in [0.25, 0.3) is 11.0 Å². The first-order valence-corrected chi connectivity index (χ1v) is 10.5. The number of hydrogen-bond acceptors (Lipinski definition) is 6. The highest BCUT2D eigenvalue weighted by Gasteiger charge is 2.35. The quantitative estimate of drug-likeness (QED) is 0.416. The molecule has 3 aromatic rings. The molecule has 0 aliphatic carbocycles. The molecule has 0 spiro atoms. The largest absolute Gasteiger partial charge is 0.365 e. The summed E-state index contributed by atoms with van der Waals surface area (Å²) in [7, 11) is 0. The van der Waals surface area contributed by atoms with Crippen LogP contribution in [0.5, 0.6) is 0 Å². The fourth-order valence-electron chi connectivity index (χ4n) is 3.48. The Balaban J connectivity index is 1.59. The summed E-state index contributed by atoms with van der Waals surface area (Å²) in [6.07, 6.45) is 4.96. The molecule has 1 unspecified atom stereocenters. The molecule has 8 heteroatoms. The van der Waals surface area contributed by atoms with Gasteiger partial charge < -0.3 is 5.32 Å². The Hall–Kier alpha value is -1.94. The van der Waals surface area contributed by atoms with Crippen molar-refractivity contribution < 1.29 is 4.39 Å². The molecule has 6 nitrogen and oxygen atoms in total. The van der Waals surface area contributed by atoms with Crippen molar-refractivity contribution in [2.75, 3.05) is 18.4 Å². The molecule has 4 rings (SSSR count). The van der Waals surface area contributed by atoms with Gasteiger partial charge in [-0.05, 0) is 52.8 Å². The number of nitrogens with zero attached hydrogens (tertiary/aromatic N) is 5. The smallest absolute Gasteiger partial charge is 0.175 e. The van der Waals surface area contributed by atoms with Gasteiger partial charge in [0, 0.05) is 44.1 Å². The molecule has 0 amide bonds. The van der Waals surface area contributed by atoms with E-state index in [0.29, 0.717) is 44.1 Å². The van der Waals surface area contributed by atoms with E-state index in [1.165, 1.54) is 0 Å². The first kappa shape index (κ1) is 19.4. The summed E-state index contributed by atoms with van der Waals surface area (Å²) in [4.78, 5) is 20.2. The third-order valence-corrected chi connectivity index (χ3v) is 5.78. The number of aromatic nitrogens is 4. The fraction of sp³-hybridized carbons (Fsp3) is 0.400. The van der Waals surface area contributed by atoms with Gasteiger partial charge in [-0.25, -0.2) is 19.3 Å². The molecule has 0 radical (unpaired) electrons. The molecule has 0 saturated carbocycles. The number of anilines is 1. The van der Waals surface area contributed by atoms with Crippen LogP contribution < -0.4 is 5.32 Å². The van der Waals surface area contributed by atoms with Crippen LogP contribution in [0, 0.1) is 0 Å². The number of hydrogen-bond donors (Lipinski definition) is 1. The lowest BCUT2D eigenvalue weighted by atomic mass is 10.1. The van der Waals surface area contributed by atoms with E-state index in [4.69, 9.17) is 4.98 Å². The normalized spacial score (nSPS) is 20.0. The van der Waals surface area contributed by atoms with Crippen LogP contribution >= 0.6 is 22.6 Å². The van der Waals surface area contributed by atoms with Crippen molar-refractivity contribution in [3.05, 3.63) is 53.7 Å². The van der Waals surface area contributed by atoms with Gasteiger partial charge in [0.2, 0.25) is 0 Å². The van der Waals surface area contributed by atoms with Crippen LogP contribution in [0.3, 0.4) is 0 Å². The summed E-state index contributed by atoms with van der Waals surface area (Å²) in [5.41, 5.74) is 2.87. The van der Waals surface area contributed by atoms with Crippen molar-refractivity contribution in [3.63, 3.8) is 0 Å². The van der Waals surface area contributed by atoms with E-state index in [-0.39, 0.29) is 0 Å². The maximum absolute atomic E-state index is 14.1. The molecule has 146 valence electrons. The minimum atomic E-state index is -1.16. The summed E-state index contributed by atoms with van der Waals surface area (Å²) in [6.45, 7) is 4.35. The van der Waals surface area contributed by atoms with Crippen molar-refractivity contribution in [1.29, 1.82) is 0 Å². The van der Waals surface area contributed by atoms with Gasteiger partial charge in [-0.3, -0.25) is 9.88 Å². The summed E-state index contributed by atoms with van der Waals surface area (Å²) in [6, 6.07) is 7.87. The minimum Gasteiger partial charge on any atom is -0.365 e. The number of rotatable bonds is 6. The second-order valence-electron chi connectivity index (χ2n) is 7.00. The van der Waals surface area contributed by atoms with Crippen molar-refractivity contribution in [3.8, 4) is 0 Å². The second-order valence-corrected chi connectivity index (χ2v) is 8.93. The highest BCUT2D eigenvalue weighted by molar-refractivity contribution is 14.1. The Kier molecular flexibility index (Phi) is 5.68. The Morgan fingerprint density at radius 1 is 1.21 bits per heavy atom. The summed E-state index contributed by atoms with van der Waals surface area (Å²) in [5.74, 6) is 1.41. The molecule has 4 heterocycles. The van der Waals surface area contributed by atoms with Crippen LogP contribution in [0.15, 0.2) is 36.7 Å². The zero-order valence-electron chi connectivity index (χ0n) is 15.7. The summed E-state index contributed by atoms with van der Waals surface area (Å²) >= 11 is 1.89. The van der Waals surface area contributed by atoms with Crippen molar-refractivity contribution in [1.82, 2.24) is 24.8 Å². The van der Waals surface area contributed by atoms with Gasteiger partial charge in [0.25, 0.3) is 0 Å². The van der Waals surface area contributed by atoms with E-state index in [1.54, 1.807) is 6.20 Å². The lowest BCUT2D eigenvalue weighted by Crippen LogP contribution is -2.25. The zero-order chi connectivity index (χ0) is 19.6. The number of nitrogens with one attached hydrogen (secondary N) is 1. The maximum Gasteiger partial charge on any atom is 0.175 e. The molecule has 1 saturated heterocycles. The number of aryl methyl sites for hydroxylation is 1. The average molecular weight is 492 g/mol. The average Bonchev–Trinajstić information content (AvgIpc) is 3.04. The number of halogens is 2. The molecule has 28 heavy (non-hydrogen) atoms. The first-order valence-electron chi connectivity index (χ1n) is 9.42. The third-order valence-electron chi connectivity index (χ3n) is 4.90. The van der Waals surface area contributed by atoms with E-state index in [9.17, 15) is 4.39 Å². The van der Waals surface area contributed by atoms with Crippen molar-refractivity contribution in [2.45, 2.75) is 36.5 Å². The Labute approximate surface area is 177 Å². The SMILES string of the molecule is CCc1ncccc1CNc1nc(CN2CCC(F)(I)C2)nc2ncccc12. The Morgan fingerprint density at radius 3 is 2.82 bits per heavy atom. The van der Waals surface area contributed by atoms with Crippen LogP contribution in [0.4, 0.5) is 10.2 Å². The van der Waals surface area contributed by atoms with E-state index in [0.717, 1.165) is 28.9 Å². The van der Waals surface area contributed by atoms with Gasteiger partial charge in [-0.15, -0.1) is 0 Å². The lowest BCUT2D eigenvalue weighted by molar-refractivity contribution is 0.267. The van der Waals surface area contributed by atoms with Gasteiger partial charge in [-0.2, -0.15) is 0 Å². The first-order chi connectivity index (χ1) is 13.5. The second kappa shape index (κ2) is 8.20. The summed E-state index contributed by atoms with van der Waals surface area (Å²) < 4.78 is 13.0. The van der Waals surface area contributed by atoms with Gasteiger partial charge in [0.05, 0.1) is 11.9 Å². The topological polar surface area (TPSA) is 66.8 Å². The Bertz CT molecular complexity index is 980. The molecule has 0 bridgehead atoms. The van der Waals surface area contributed by atoms with Gasteiger partial charge in [-0.1, -0.05) is 13.0 Å². The van der Waals surface area contributed by atoms with Gasteiger partial charge in [0.1, 0.15) is 11.6 Å². The lowest BCUT2D eigenvalue weighted by Gasteiger charge is -2.17. The predicted molar refractivity (Wildman–Crippen MR) is 116 cm³/mol. The van der Waals surface area contributed by atoms with E-state index >= 15 is 0 Å². The number of likely N-dealkylation sites (tertiary alicyclic amines) is 1. The maximum atomic E-state index is 14.1. The van der Waals surface area contributed by atoms with Gasteiger partial charge >= 0.3 is 0 Å². The molecule has 1 N–H and O–H groups in total. The van der Waals surface area contributed by atoms with E-state index in [2.05, 4.69) is 38.2 Å². The molecule has 1 fully saturated rings. The zero-order valence-corrected chi connectivity index (χ0v) is 17.9. The fourth-order valence-corrected chi connectivity index (χ4v) is 4.21. The van der Waals surface area contributed by atoms with Crippen molar-refractivity contribution in [2.24, 2.45) is 0 Å².